The number of rotatable bonds is 8. The Morgan fingerprint density at radius 2 is 1.90 bits per heavy atom. The standard InChI is InChI=1S/C31H36FN5OS/c32-24-12-17-36(18-13-24)16-2-15-34-30(38)23-10-11-26-27(19-23)39-31-35-28(29(37(26)31)22-8-9-22)21-6-4-20(5-7-21)25-3-1-14-33-25/h4-7,10-11,19,22,24-25,33H,1-3,8-9,12-18H2,(H,34,38)/t25-/m0/s1. The topological polar surface area (TPSA) is 61.7 Å². The van der Waals surface area contributed by atoms with Gasteiger partial charge in [-0.15, -0.1) is 0 Å². The lowest BCUT2D eigenvalue weighted by atomic mass is 10.0. The molecule has 1 saturated carbocycles. The number of nitrogens with one attached hydrogen (secondary N) is 2. The van der Waals surface area contributed by atoms with Crippen LogP contribution < -0.4 is 10.6 Å². The lowest BCUT2D eigenvalue weighted by Gasteiger charge is -2.28. The van der Waals surface area contributed by atoms with Crippen molar-refractivity contribution in [2.45, 2.75) is 63.1 Å². The predicted octanol–water partition coefficient (Wildman–Crippen LogP) is 6.07. The Morgan fingerprint density at radius 3 is 2.64 bits per heavy atom. The largest absolute Gasteiger partial charge is 0.352 e. The number of hydrogen-bond donors (Lipinski definition) is 2. The van der Waals surface area contributed by atoms with Gasteiger partial charge in [-0.1, -0.05) is 35.6 Å². The van der Waals surface area contributed by atoms with Gasteiger partial charge in [-0.05, 0) is 81.8 Å². The van der Waals surface area contributed by atoms with Gasteiger partial charge in [0.15, 0.2) is 4.96 Å². The molecule has 1 amide bonds. The number of piperidine rings is 1. The lowest BCUT2D eigenvalue weighted by Crippen LogP contribution is -2.36. The van der Waals surface area contributed by atoms with E-state index in [1.807, 2.05) is 12.1 Å². The van der Waals surface area contributed by atoms with Crippen molar-refractivity contribution in [1.82, 2.24) is 24.9 Å². The molecular formula is C31H36FN5OS. The van der Waals surface area contributed by atoms with Gasteiger partial charge >= 0.3 is 0 Å². The molecule has 0 unspecified atom stereocenters. The fourth-order valence-electron chi connectivity index (χ4n) is 6.25. The number of hydrogen-bond acceptors (Lipinski definition) is 5. The average molecular weight is 546 g/mol. The number of nitrogens with zero attached hydrogens (tertiary/aromatic N) is 3. The van der Waals surface area contributed by atoms with Gasteiger partial charge in [0.05, 0.1) is 21.6 Å². The quantitative estimate of drug-likeness (QED) is 0.264. The minimum atomic E-state index is -0.645. The lowest BCUT2D eigenvalue weighted by molar-refractivity contribution is 0.0950. The van der Waals surface area contributed by atoms with E-state index < -0.39 is 6.17 Å². The molecule has 2 aliphatic heterocycles. The highest BCUT2D eigenvalue weighted by atomic mass is 32.1. The Kier molecular flexibility index (Phi) is 6.87. The summed E-state index contributed by atoms with van der Waals surface area (Å²) in [5, 5.41) is 6.66. The van der Waals surface area contributed by atoms with Crippen molar-refractivity contribution in [3.05, 3.63) is 59.3 Å². The molecule has 6 nitrogen and oxygen atoms in total. The predicted molar refractivity (Wildman–Crippen MR) is 155 cm³/mol. The minimum Gasteiger partial charge on any atom is -0.352 e. The molecule has 7 rings (SSSR count). The molecule has 0 bridgehead atoms. The van der Waals surface area contributed by atoms with Crippen LogP contribution >= 0.6 is 11.3 Å². The van der Waals surface area contributed by atoms with Crippen molar-refractivity contribution >= 4 is 32.4 Å². The Balaban J connectivity index is 1.08. The molecule has 2 aromatic heterocycles. The number of thiazole rings is 1. The molecule has 204 valence electrons. The highest BCUT2D eigenvalue weighted by Gasteiger charge is 2.32. The van der Waals surface area contributed by atoms with Crippen molar-refractivity contribution < 1.29 is 9.18 Å². The van der Waals surface area contributed by atoms with Gasteiger partial charge in [0, 0.05) is 42.7 Å². The van der Waals surface area contributed by atoms with E-state index in [9.17, 15) is 9.18 Å². The first kappa shape index (κ1) is 25.2. The summed E-state index contributed by atoms with van der Waals surface area (Å²) in [6.45, 7) is 4.28. The number of carbonyl (C=O) groups excluding carboxylic acids is 1. The van der Waals surface area contributed by atoms with Crippen molar-refractivity contribution in [3.63, 3.8) is 0 Å². The number of imidazole rings is 1. The number of fused-ring (bicyclic) bond motifs is 3. The SMILES string of the molecule is O=C(NCCCN1CCC(F)CC1)c1ccc2c(c1)sc1nc(-c3ccc([C@@H]4CCCN4)cc3)c(C3CC3)n12. The van der Waals surface area contributed by atoms with E-state index in [0.717, 1.165) is 53.5 Å². The number of amides is 1. The van der Waals surface area contributed by atoms with E-state index in [1.165, 1.54) is 42.5 Å². The Morgan fingerprint density at radius 1 is 1.08 bits per heavy atom. The van der Waals surface area contributed by atoms with Gasteiger partial charge in [-0.2, -0.15) is 0 Å². The normalized spacial score (nSPS) is 20.8. The maximum Gasteiger partial charge on any atom is 0.251 e. The van der Waals surface area contributed by atoms with Gasteiger partial charge < -0.3 is 15.5 Å². The van der Waals surface area contributed by atoms with Crippen molar-refractivity contribution in [2.75, 3.05) is 32.7 Å². The molecule has 8 heteroatoms. The second kappa shape index (κ2) is 10.6. The Hall–Kier alpha value is -2.81. The van der Waals surface area contributed by atoms with Crippen LogP contribution in [-0.2, 0) is 0 Å². The molecular weight excluding hydrogens is 509 g/mol. The number of aromatic nitrogens is 2. The highest BCUT2D eigenvalue weighted by molar-refractivity contribution is 7.23. The Labute approximate surface area is 232 Å². The summed E-state index contributed by atoms with van der Waals surface area (Å²) < 4.78 is 16.8. The first-order valence-corrected chi connectivity index (χ1v) is 15.4. The van der Waals surface area contributed by atoms with Gasteiger partial charge in [0.2, 0.25) is 0 Å². The van der Waals surface area contributed by atoms with Crippen LogP contribution in [0, 0.1) is 0 Å². The van der Waals surface area contributed by atoms with Gasteiger partial charge in [-0.3, -0.25) is 9.20 Å². The number of likely N-dealkylation sites (tertiary alicyclic amines) is 1. The number of carbonyl (C=O) groups is 1. The fourth-order valence-corrected chi connectivity index (χ4v) is 7.32. The summed E-state index contributed by atoms with van der Waals surface area (Å²) in [6.07, 6.45) is 6.35. The monoisotopic (exact) mass is 545 g/mol. The van der Waals surface area contributed by atoms with Crippen LogP contribution in [0.25, 0.3) is 26.4 Å². The zero-order valence-corrected chi connectivity index (χ0v) is 23.1. The summed E-state index contributed by atoms with van der Waals surface area (Å²) >= 11 is 1.66. The van der Waals surface area contributed by atoms with E-state index in [-0.39, 0.29) is 5.91 Å². The van der Waals surface area contributed by atoms with E-state index in [2.05, 4.69) is 50.3 Å². The number of halogens is 1. The molecule has 1 atom stereocenters. The van der Waals surface area contributed by atoms with Crippen LogP contribution in [0.3, 0.4) is 0 Å². The summed E-state index contributed by atoms with van der Waals surface area (Å²) in [7, 11) is 0. The van der Waals surface area contributed by atoms with Crippen molar-refractivity contribution in [2.24, 2.45) is 0 Å². The van der Waals surface area contributed by atoms with E-state index in [4.69, 9.17) is 4.98 Å². The number of benzene rings is 2. The summed E-state index contributed by atoms with van der Waals surface area (Å²) in [5.74, 6) is 0.507. The second-order valence-electron chi connectivity index (χ2n) is 11.4. The van der Waals surface area contributed by atoms with Crippen LogP contribution in [0.4, 0.5) is 4.39 Å². The third-order valence-corrected chi connectivity index (χ3v) is 9.61. The molecule has 3 fully saturated rings. The van der Waals surface area contributed by atoms with Crippen LogP contribution in [-0.4, -0.2) is 59.1 Å². The zero-order valence-electron chi connectivity index (χ0n) is 22.3. The van der Waals surface area contributed by atoms with Gasteiger partial charge in [-0.25, -0.2) is 9.37 Å². The van der Waals surface area contributed by atoms with Gasteiger partial charge in [0.1, 0.15) is 6.17 Å². The first-order chi connectivity index (χ1) is 19.1. The summed E-state index contributed by atoms with van der Waals surface area (Å²) in [4.78, 5) is 21.3. The molecule has 2 saturated heterocycles. The van der Waals surface area contributed by atoms with E-state index in [0.29, 0.717) is 36.9 Å². The molecule has 0 radical (unpaired) electrons. The number of alkyl halides is 1. The highest BCUT2D eigenvalue weighted by Crippen LogP contribution is 2.47. The van der Waals surface area contributed by atoms with Crippen LogP contribution in [0.5, 0.6) is 0 Å². The smallest absolute Gasteiger partial charge is 0.251 e. The molecule has 3 aliphatic rings. The fraction of sp³-hybridized carbons (Fsp3) is 0.484. The zero-order chi connectivity index (χ0) is 26.3. The summed E-state index contributed by atoms with van der Waals surface area (Å²) in [6, 6.07) is 15.5. The molecule has 0 spiro atoms. The van der Waals surface area contributed by atoms with Crippen molar-refractivity contribution in [1.29, 1.82) is 0 Å². The molecule has 39 heavy (non-hydrogen) atoms. The molecule has 2 aromatic carbocycles. The van der Waals surface area contributed by atoms with Crippen molar-refractivity contribution in [3.8, 4) is 11.3 Å². The molecule has 1 aliphatic carbocycles. The maximum absolute atomic E-state index is 13.3. The van der Waals surface area contributed by atoms with E-state index in [1.54, 1.807) is 11.3 Å². The average Bonchev–Trinajstić information content (AvgIpc) is 3.35. The third kappa shape index (κ3) is 5.10. The third-order valence-electron chi connectivity index (χ3n) is 8.61. The second-order valence-corrected chi connectivity index (χ2v) is 12.4. The van der Waals surface area contributed by atoms with E-state index >= 15 is 0 Å². The molecule has 4 aromatic rings. The molecule has 4 heterocycles. The Bertz CT molecular complexity index is 1480. The van der Waals surface area contributed by atoms with Crippen LogP contribution in [0.2, 0.25) is 0 Å². The summed E-state index contributed by atoms with van der Waals surface area (Å²) in [5.41, 5.74) is 6.80. The minimum absolute atomic E-state index is 0.0367. The van der Waals surface area contributed by atoms with Crippen LogP contribution in [0.1, 0.15) is 78.5 Å². The maximum atomic E-state index is 13.3. The van der Waals surface area contributed by atoms with Crippen LogP contribution in [0.15, 0.2) is 42.5 Å². The first-order valence-electron chi connectivity index (χ1n) is 14.6. The van der Waals surface area contributed by atoms with Gasteiger partial charge in [0.25, 0.3) is 5.91 Å². The molecule has 2 N–H and O–H groups in total.